The Labute approximate surface area is 123 Å². The first-order valence-electron chi connectivity index (χ1n) is 7.71. The van der Waals surface area contributed by atoms with E-state index < -0.39 is 0 Å². The summed E-state index contributed by atoms with van der Waals surface area (Å²) in [6.07, 6.45) is 3.35. The van der Waals surface area contributed by atoms with Crippen LogP contribution in [0, 0.1) is 0 Å². The molecule has 3 nitrogen and oxygen atoms in total. The zero-order chi connectivity index (χ0) is 14.6. The molecule has 0 saturated carbocycles. The zero-order valence-electron chi connectivity index (χ0n) is 13.2. The minimum Gasteiger partial charge on any atom is -0.493 e. The maximum absolute atomic E-state index is 5.94. The van der Waals surface area contributed by atoms with Crippen molar-refractivity contribution in [2.24, 2.45) is 0 Å². The van der Waals surface area contributed by atoms with Crippen LogP contribution in [-0.4, -0.2) is 33.4 Å². The standard InChI is InChI=1S/C17H29NO2/c1-4-15(2)16-9-5-6-10-17(16)20-13-8-7-11-18-12-14-19-3/h5-6,9-10,15,18H,4,7-8,11-14H2,1-3H3/t15-/m1/s1. The predicted octanol–water partition coefficient (Wildman–Crippen LogP) is 3.60. The highest BCUT2D eigenvalue weighted by Gasteiger charge is 2.08. The topological polar surface area (TPSA) is 30.5 Å². The van der Waals surface area contributed by atoms with Gasteiger partial charge in [0.15, 0.2) is 0 Å². The van der Waals surface area contributed by atoms with E-state index in [0.29, 0.717) is 5.92 Å². The van der Waals surface area contributed by atoms with Crippen molar-refractivity contribution in [3.63, 3.8) is 0 Å². The van der Waals surface area contributed by atoms with E-state index in [4.69, 9.17) is 9.47 Å². The molecule has 1 aromatic rings. The van der Waals surface area contributed by atoms with E-state index in [1.807, 2.05) is 6.07 Å². The Balaban J connectivity index is 2.22. The van der Waals surface area contributed by atoms with Gasteiger partial charge in [0, 0.05) is 13.7 Å². The minimum absolute atomic E-state index is 0.557. The SMILES string of the molecule is CC[C@@H](C)c1ccccc1OCCCCNCCOC. The fraction of sp³-hybridized carbons (Fsp3) is 0.647. The number of hydrogen-bond acceptors (Lipinski definition) is 3. The molecule has 114 valence electrons. The van der Waals surface area contributed by atoms with Crippen LogP contribution in [0.4, 0.5) is 0 Å². The third-order valence-electron chi connectivity index (χ3n) is 3.55. The summed E-state index contributed by atoms with van der Waals surface area (Å²) in [4.78, 5) is 0. The number of hydrogen-bond donors (Lipinski definition) is 1. The zero-order valence-corrected chi connectivity index (χ0v) is 13.2. The molecule has 0 unspecified atom stereocenters. The second-order valence-electron chi connectivity index (χ2n) is 5.15. The Morgan fingerprint density at radius 1 is 1.10 bits per heavy atom. The van der Waals surface area contributed by atoms with Crippen LogP contribution in [0.1, 0.15) is 44.6 Å². The van der Waals surface area contributed by atoms with Gasteiger partial charge in [-0.1, -0.05) is 32.0 Å². The summed E-state index contributed by atoms with van der Waals surface area (Å²) in [6, 6.07) is 8.40. The van der Waals surface area contributed by atoms with Crippen LogP contribution in [0.25, 0.3) is 0 Å². The van der Waals surface area contributed by atoms with Gasteiger partial charge in [-0.3, -0.25) is 0 Å². The van der Waals surface area contributed by atoms with Gasteiger partial charge >= 0.3 is 0 Å². The van der Waals surface area contributed by atoms with Crippen molar-refractivity contribution in [3.8, 4) is 5.75 Å². The number of nitrogens with one attached hydrogen (secondary N) is 1. The van der Waals surface area contributed by atoms with Crippen molar-refractivity contribution in [2.75, 3.05) is 33.4 Å². The molecule has 0 amide bonds. The van der Waals surface area contributed by atoms with Crippen LogP contribution in [-0.2, 0) is 4.74 Å². The molecule has 0 fully saturated rings. The van der Waals surface area contributed by atoms with Gasteiger partial charge in [-0.25, -0.2) is 0 Å². The Morgan fingerprint density at radius 2 is 1.90 bits per heavy atom. The average Bonchev–Trinajstić information content (AvgIpc) is 2.49. The molecular formula is C17H29NO2. The Morgan fingerprint density at radius 3 is 2.65 bits per heavy atom. The Hall–Kier alpha value is -1.06. The summed E-state index contributed by atoms with van der Waals surface area (Å²) < 4.78 is 10.9. The molecule has 0 aliphatic heterocycles. The molecule has 0 bridgehead atoms. The van der Waals surface area contributed by atoms with Crippen LogP contribution < -0.4 is 10.1 Å². The number of benzene rings is 1. The van der Waals surface area contributed by atoms with E-state index >= 15 is 0 Å². The summed E-state index contributed by atoms with van der Waals surface area (Å²) in [6.45, 7) is 7.99. The molecule has 0 aromatic heterocycles. The first-order chi connectivity index (χ1) is 9.79. The fourth-order valence-corrected chi connectivity index (χ4v) is 2.07. The molecule has 1 rings (SSSR count). The molecule has 1 aromatic carbocycles. The minimum atomic E-state index is 0.557. The summed E-state index contributed by atoms with van der Waals surface area (Å²) >= 11 is 0. The normalized spacial score (nSPS) is 12.3. The second-order valence-corrected chi connectivity index (χ2v) is 5.15. The lowest BCUT2D eigenvalue weighted by atomic mass is 9.98. The smallest absolute Gasteiger partial charge is 0.122 e. The highest BCUT2D eigenvalue weighted by atomic mass is 16.5. The van der Waals surface area contributed by atoms with Gasteiger partial charge in [-0.15, -0.1) is 0 Å². The van der Waals surface area contributed by atoms with Crippen molar-refractivity contribution in [1.29, 1.82) is 0 Å². The lowest BCUT2D eigenvalue weighted by Gasteiger charge is -2.15. The maximum Gasteiger partial charge on any atom is 0.122 e. The molecule has 0 spiro atoms. The van der Waals surface area contributed by atoms with E-state index in [1.54, 1.807) is 7.11 Å². The lowest BCUT2D eigenvalue weighted by Crippen LogP contribution is -2.20. The van der Waals surface area contributed by atoms with Gasteiger partial charge < -0.3 is 14.8 Å². The van der Waals surface area contributed by atoms with Gasteiger partial charge in [-0.05, 0) is 43.4 Å². The van der Waals surface area contributed by atoms with Crippen LogP contribution in [0.5, 0.6) is 5.75 Å². The molecule has 0 heterocycles. The Bertz CT molecular complexity index is 355. The van der Waals surface area contributed by atoms with Crippen molar-refractivity contribution in [1.82, 2.24) is 5.32 Å². The van der Waals surface area contributed by atoms with E-state index in [2.05, 4.69) is 37.4 Å². The van der Waals surface area contributed by atoms with Gasteiger partial charge in [0.2, 0.25) is 0 Å². The van der Waals surface area contributed by atoms with E-state index in [0.717, 1.165) is 51.3 Å². The summed E-state index contributed by atoms with van der Waals surface area (Å²) in [5, 5.41) is 3.34. The number of rotatable bonds is 11. The molecule has 1 atom stereocenters. The highest BCUT2D eigenvalue weighted by Crippen LogP contribution is 2.28. The molecule has 0 aliphatic carbocycles. The summed E-state index contributed by atoms with van der Waals surface area (Å²) in [5.74, 6) is 1.61. The third kappa shape index (κ3) is 6.40. The third-order valence-corrected chi connectivity index (χ3v) is 3.55. The largest absolute Gasteiger partial charge is 0.493 e. The van der Waals surface area contributed by atoms with Crippen molar-refractivity contribution in [2.45, 2.75) is 39.0 Å². The number of unbranched alkanes of at least 4 members (excludes halogenated alkanes) is 1. The molecular weight excluding hydrogens is 250 g/mol. The van der Waals surface area contributed by atoms with Gasteiger partial charge in [0.25, 0.3) is 0 Å². The van der Waals surface area contributed by atoms with Crippen LogP contribution >= 0.6 is 0 Å². The molecule has 0 aliphatic rings. The highest BCUT2D eigenvalue weighted by molar-refractivity contribution is 5.35. The van der Waals surface area contributed by atoms with Crippen molar-refractivity contribution >= 4 is 0 Å². The van der Waals surface area contributed by atoms with Crippen molar-refractivity contribution < 1.29 is 9.47 Å². The maximum atomic E-state index is 5.94. The summed E-state index contributed by atoms with van der Waals surface area (Å²) in [7, 11) is 1.73. The Kier molecular flexibility index (Phi) is 9.09. The predicted molar refractivity (Wildman–Crippen MR) is 84.6 cm³/mol. The molecule has 20 heavy (non-hydrogen) atoms. The fourth-order valence-electron chi connectivity index (χ4n) is 2.07. The average molecular weight is 279 g/mol. The lowest BCUT2D eigenvalue weighted by molar-refractivity contribution is 0.199. The van der Waals surface area contributed by atoms with Crippen molar-refractivity contribution in [3.05, 3.63) is 29.8 Å². The molecule has 0 saturated heterocycles. The number of para-hydroxylation sites is 1. The van der Waals surface area contributed by atoms with Crippen LogP contribution in [0.15, 0.2) is 24.3 Å². The van der Waals surface area contributed by atoms with Crippen LogP contribution in [0.3, 0.4) is 0 Å². The second kappa shape index (κ2) is 10.7. The number of ether oxygens (including phenoxy) is 2. The van der Waals surface area contributed by atoms with E-state index in [9.17, 15) is 0 Å². The molecule has 1 N–H and O–H groups in total. The van der Waals surface area contributed by atoms with Gasteiger partial charge in [-0.2, -0.15) is 0 Å². The quantitative estimate of drug-likeness (QED) is 0.628. The van der Waals surface area contributed by atoms with E-state index in [1.165, 1.54) is 5.56 Å². The monoisotopic (exact) mass is 279 g/mol. The summed E-state index contributed by atoms with van der Waals surface area (Å²) in [5.41, 5.74) is 1.33. The van der Waals surface area contributed by atoms with Gasteiger partial charge in [0.05, 0.1) is 13.2 Å². The molecule has 0 radical (unpaired) electrons. The van der Waals surface area contributed by atoms with E-state index in [-0.39, 0.29) is 0 Å². The number of methoxy groups -OCH3 is 1. The molecule has 3 heteroatoms. The van der Waals surface area contributed by atoms with Gasteiger partial charge in [0.1, 0.15) is 5.75 Å². The first-order valence-corrected chi connectivity index (χ1v) is 7.71. The first kappa shape index (κ1) is 17.0. The van der Waals surface area contributed by atoms with Crippen LogP contribution in [0.2, 0.25) is 0 Å².